The number of aliphatic hydroxyl groups is 1. The summed E-state index contributed by atoms with van der Waals surface area (Å²) >= 11 is 1.39. The molecule has 3 rings (SSSR count). The molecule has 2 nitrogen and oxygen atoms in total. The Morgan fingerprint density at radius 3 is 2.62 bits per heavy atom. The Labute approximate surface area is 122 Å². The van der Waals surface area contributed by atoms with Gasteiger partial charge in [0.05, 0.1) is 5.56 Å². The van der Waals surface area contributed by atoms with Crippen molar-refractivity contribution in [3.8, 4) is 0 Å². The van der Waals surface area contributed by atoms with Crippen LogP contribution in [0.15, 0.2) is 48.1 Å². The fourth-order valence-electron chi connectivity index (χ4n) is 2.26. The largest absolute Gasteiger partial charge is 0.416 e. The summed E-state index contributed by atoms with van der Waals surface area (Å²) in [6.07, 6.45) is -3.73. The molecule has 6 heteroatoms. The summed E-state index contributed by atoms with van der Waals surface area (Å²) in [6, 6.07) is 8.17. The monoisotopic (exact) mass is 309 g/mol. The first-order valence-electron chi connectivity index (χ1n) is 6.14. The van der Waals surface area contributed by atoms with Crippen molar-refractivity contribution in [2.45, 2.75) is 12.3 Å². The van der Waals surface area contributed by atoms with Gasteiger partial charge in [-0.05, 0) is 22.9 Å². The van der Waals surface area contributed by atoms with Crippen LogP contribution >= 0.6 is 11.3 Å². The van der Waals surface area contributed by atoms with Gasteiger partial charge in [0, 0.05) is 28.2 Å². The molecule has 0 saturated carbocycles. The molecule has 21 heavy (non-hydrogen) atoms. The fraction of sp³-hybridized carbons (Fsp3) is 0.133. The van der Waals surface area contributed by atoms with E-state index < -0.39 is 17.8 Å². The van der Waals surface area contributed by atoms with Crippen molar-refractivity contribution in [2.24, 2.45) is 0 Å². The van der Waals surface area contributed by atoms with E-state index in [4.69, 9.17) is 0 Å². The number of aliphatic hydroxyl groups excluding tert-OH is 1. The summed E-state index contributed by atoms with van der Waals surface area (Å²) in [5, 5.41) is 12.8. The van der Waals surface area contributed by atoms with Crippen LogP contribution in [0.3, 0.4) is 0 Å². The number of aromatic nitrogens is 1. The standard InChI is InChI=1S/C15H10F3NOS/c16-15(17,18)12-5-6-19-7-10(12)14(20)11-8-21-13-4-2-1-3-9(11)13/h1-8,14,20H. The molecule has 0 bridgehead atoms. The molecule has 108 valence electrons. The number of alkyl halides is 3. The highest BCUT2D eigenvalue weighted by Crippen LogP contribution is 2.39. The van der Waals surface area contributed by atoms with Gasteiger partial charge in [-0.1, -0.05) is 18.2 Å². The molecule has 1 atom stereocenters. The minimum absolute atomic E-state index is 0.228. The maximum Gasteiger partial charge on any atom is 0.416 e. The lowest BCUT2D eigenvalue weighted by molar-refractivity contribution is -0.139. The number of thiophene rings is 1. The summed E-state index contributed by atoms with van der Waals surface area (Å²) in [5.41, 5.74) is -0.622. The van der Waals surface area contributed by atoms with Gasteiger partial charge in [-0.25, -0.2) is 0 Å². The lowest BCUT2D eigenvalue weighted by Gasteiger charge is -2.16. The Hall–Kier alpha value is -1.92. The van der Waals surface area contributed by atoms with Gasteiger partial charge in [0.15, 0.2) is 0 Å². The van der Waals surface area contributed by atoms with E-state index in [1.807, 2.05) is 12.1 Å². The van der Waals surface area contributed by atoms with Gasteiger partial charge in [0.2, 0.25) is 0 Å². The van der Waals surface area contributed by atoms with Gasteiger partial charge in [-0.15, -0.1) is 11.3 Å². The molecule has 2 heterocycles. The molecule has 0 aliphatic heterocycles. The predicted molar refractivity (Wildman–Crippen MR) is 75.1 cm³/mol. The maximum atomic E-state index is 13.0. The van der Waals surface area contributed by atoms with Crippen LogP contribution in [0.4, 0.5) is 13.2 Å². The third-order valence-corrected chi connectivity index (χ3v) is 4.24. The van der Waals surface area contributed by atoms with Crippen LogP contribution in [0.1, 0.15) is 22.8 Å². The number of nitrogens with zero attached hydrogens (tertiary/aromatic N) is 1. The highest BCUT2D eigenvalue weighted by Gasteiger charge is 2.35. The van der Waals surface area contributed by atoms with Crippen molar-refractivity contribution in [3.05, 3.63) is 64.8 Å². The van der Waals surface area contributed by atoms with Gasteiger partial charge >= 0.3 is 6.18 Å². The van der Waals surface area contributed by atoms with Crippen LogP contribution in [-0.2, 0) is 6.18 Å². The van der Waals surface area contributed by atoms with Crippen LogP contribution < -0.4 is 0 Å². The Morgan fingerprint density at radius 1 is 1.10 bits per heavy atom. The maximum absolute atomic E-state index is 13.0. The van der Waals surface area contributed by atoms with Crippen molar-refractivity contribution >= 4 is 21.4 Å². The summed E-state index contributed by atoms with van der Waals surface area (Å²) in [7, 11) is 0. The van der Waals surface area contributed by atoms with Gasteiger partial charge < -0.3 is 5.11 Å². The summed E-state index contributed by atoms with van der Waals surface area (Å²) in [5.74, 6) is 0. The molecule has 0 aliphatic rings. The summed E-state index contributed by atoms with van der Waals surface area (Å²) in [6.45, 7) is 0. The first-order valence-corrected chi connectivity index (χ1v) is 7.02. The topological polar surface area (TPSA) is 33.1 Å². The average Bonchev–Trinajstić information content (AvgIpc) is 2.89. The summed E-state index contributed by atoms with van der Waals surface area (Å²) in [4.78, 5) is 3.71. The SMILES string of the molecule is OC(c1cnccc1C(F)(F)F)c1csc2ccccc12. The smallest absolute Gasteiger partial charge is 0.384 e. The number of hydrogen-bond donors (Lipinski definition) is 1. The minimum Gasteiger partial charge on any atom is -0.384 e. The van der Waals surface area contributed by atoms with Crippen LogP contribution in [0.25, 0.3) is 10.1 Å². The first-order chi connectivity index (χ1) is 9.98. The molecule has 0 spiro atoms. The van der Waals surface area contributed by atoms with E-state index in [1.54, 1.807) is 17.5 Å². The van der Waals surface area contributed by atoms with Gasteiger partial charge in [-0.2, -0.15) is 13.2 Å². The zero-order valence-electron chi connectivity index (χ0n) is 10.6. The van der Waals surface area contributed by atoms with E-state index in [1.165, 1.54) is 11.3 Å². The number of hydrogen-bond acceptors (Lipinski definition) is 3. The second-order valence-electron chi connectivity index (χ2n) is 4.55. The average molecular weight is 309 g/mol. The quantitative estimate of drug-likeness (QED) is 0.761. The molecule has 2 aromatic heterocycles. The first kappa shape index (κ1) is 14.0. The second kappa shape index (κ2) is 5.13. The number of benzene rings is 1. The van der Waals surface area contributed by atoms with Crippen LogP contribution in [0.2, 0.25) is 0 Å². The van der Waals surface area contributed by atoms with E-state index in [0.29, 0.717) is 5.56 Å². The molecule has 1 N–H and O–H groups in total. The molecular formula is C15H10F3NOS. The molecule has 0 saturated heterocycles. The van der Waals surface area contributed by atoms with Gasteiger partial charge in [-0.3, -0.25) is 4.98 Å². The number of rotatable bonds is 2. The molecule has 0 radical (unpaired) electrons. The van der Waals surface area contributed by atoms with Crippen molar-refractivity contribution in [3.63, 3.8) is 0 Å². The molecule has 0 amide bonds. The Balaban J connectivity index is 2.13. The molecule has 1 aromatic carbocycles. The van der Waals surface area contributed by atoms with Crippen molar-refractivity contribution < 1.29 is 18.3 Å². The molecule has 1 unspecified atom stereocenters. The van der Waals surface area contributed by atoms with E-state index >= 15 is 0 Å². The Morgan fingerprint density at radius 2 is 1.86 bits per heavy atom. The second-order valence-corrected chi connectivity index (χ2v) is 5.46. The van der Waals surface area contributed by atoms with E-state index in [9.17, 15) is 18.3 Å². The Bertz CT molecular complexity index is 782. The van der Waals surface area contributed by atoms with E-state index in [0.717, 1.165) is 28.5 Å². The fourth-order valence-corrected chi connectivity index (χ4v) is 3.24. The lowest BCUT2D eigenvalue weighted by Crippen LogP contribution is -2.13. The van der Waals surface area contributed by atoms with E-state index in [-0.39, 0.29) is 5.56 Å². The number of pyridine rings is 1. The van der Waals surface area contributed by atoms with Crippen molar-refractivity contribution in [1.82, 2.24) is 4.98 Å². The lowest BCUT2D eigenvalue weighted by atomic mass is 9.98. The van der Waals surface area contributed by atoms with Crippen LogP contribution in [-0.4, -0.2) is 10.1 Å². The minimum atomic E-state index is -4.52. The normalized spacial score (nSPS) is 13.5. The molecule has 0 fully saturated rings. The highest BCUT2D eigenvalue weighted by atomic mass is 32.1. The molecular weight excluding hydrogens is 299 g/mol. The molecule has 0 aliphatic carbocycles. The number of fused-ring (bicyclic) bond motifs is 1. The van der Waals surface area contributed by atoms with Gasteiger partial charge in [0.1, 0.15) is 6.10 Å². The number of halogens is 3. The molecule has 3 aromatic rings. The van der Waals surface area contributed by atoms with Gasteiger partial charge in [0.25, 0.3) is 0 Å². The predicted octanol–water partition coefficient (Wildman–Crippen LogP) is 4.40. The van der Waals surface area contributed by atoms with E-state index in [2.05, 4.69) is 4.98 Å². The van der Waals surface area contributed by atoms with Crippen molar-refractivity contribution in [1.29, 1.82) is 0 Å². The van der Waals surface area contributed by atoms with Crippen molar-refractivity contribution in [2.75, 3.05) is 0 Å². The third kappa shape index (κ3) is 2.52. The Kier molecular flexibility index (Phi) is 3.43. The highest BCUT2D eigenvalue weighted by molar-refractivity contribution is 7.17. The zero-order chi connectivity index (χ0) is 15.0. The third-order valence-electron chi connectivity index (χ3n) is 3.26. The van der Waals surface area contributed by atoms with Crippen LogP contribution in [0, 0.1) is 0 Å². The van der Waals surface area contributed by atoms with Crippen LogP contribution in [0.5, 0.6) is 0 Å². The zero-order valence-corrected chi connectivity index (χ0v) is 11.4. The summed E-state index contributed by atoms with van der Waals surface area (Å²) < 4.78 is 40.0.